The molecule has 2 atom stereocenters. The monoisotopic (exact) mass is 273 g/mol. The second-order valence-corrected chi connectivity index (χ2v) is 6.72. The summed E-state index contributed by atoms with van der Waals surface area (Å²) >= 11 is 6.03. The second kappa shape index (κ2) is 6.11. The van der Waals surface area contributed by atoms with Crippen molar-refractivity contribution in [2.24, 2.45) is 0 Å². The summed E-state index contributed by atoms with van der Waals surface area (Å²) in [4.78, 5) is 0. The fourth-order valence-electron chi connectivity index (χ4n) is 3.23. The smallest absolute Gasteiger partial charge is 0.0708 e. The van der Waals surface area contributed by atoms with Crippen LogP contribution in [0.2, 0.25) is 0 Å². The molecule has 0 radical (unpaired) electrons. The van der Waals surface area contributed by atoms with Gasteiger partial charge in [-0.1, -0.05) is 26.2 Å². The Morgan fingerprint density at radius 2 is 2.00 bits per heavy atom. The minimum absolute atomic E-state index is 0.0627. The van der Waals surface area contributed by atoms with Crippen LogP contribution >= 0.6 is 11.6 Å². The minimum atomic E-state index is 0.0627. The number of halogens is 1. The third kappa shape index (κ3) is 3.40. The lowest BCUT2D eigenvalue weighted by Crippen LogP contribution is -2.47. The van der Waals surface area contributed by atoms with E-state index in [0.717, 1.165) is 13.0 Å². The Morgan fingerprint density at radius 3 is 2.61 bits per heavy atom. The van der Waals surface area contributed by atoms with E-state index < -0.39 is 0 Å². The summed E-state index contributed by atoms with van der Waals surface area (Å²) < 4.78 is 6.37. The molecule has 1 aliphatic carbocycles. The van der Waals surface area contributed by atoms with Crippen molar-refractivity contribution in [3.05, 3.63) is 0 Å². The molecule has 0 aromatic heterocycles. The molecule has 2 fully saturated rings. The molecule has 1 saturated carbocycles. The number of hydrogen-bond donors (Lipinski definition) is 1. The number of hydrogen-bond acceptors (Lipinski definition) is 2. The lowest BCUT2D eigenvalue weighted by Gasteiger charge is -2.34. The van der Waals surface area contributed by atoms with Gasteiger partial charge in [-0.2, -0.15) is 0 Å². The SMILES string of the molecule is CCC(C)(CCl)NCC1CCC2(CCCCC2)O1. The van der Waals surface area contributed by atoms with Crippen molar-refractivity contribution in [3.8, 4) is 0 Å². The molecule has 1 spiro atoms. The topological polar surface area (TPSA) is 21.3 Å². The van der Waals surface area contributed by atoms with Gasteiger partial charge in [-0.3, -0.25) is 0 Å². The molecular formula is C15H28ClNO. The van der Waals surface area contributed by atoms with Crippen LogP contribution in [-0.4, -0.2) is 29.7 Å². The van der Waals surface area contributed by atoms with Crippen LogP contribution in [0.3, 0.4) is 0 Å². The lowest BCUT2D eigenvalue weighted by molar-refractivity contribution is -0.0638. The largest absolute Gasteiger partial charge is 0.370 e. The highest BCUT2D eigenvalue weighted by Crippen LogP contribution is 2.41. The average molecular weight is 274 g/mol. The summed E-state index contributed by atoms with van der Waals surface area (Å²) in [6.45, 7) is 5.34. The molecule has 106 valence electrons. The molecule has 0 aromatic rings. The maximum atomic E-state index is 6.37. The first-order valence-electron chi connectivity index (χ1n) is 7.60. The molecule has 0 aromatic carbocycles. The Morgan fingerprint density at radius 1 is 1.28 bits per heavy atom. The number of nitrogens with one attached hydrogen (secondary N) is 1. The van der Waals surface area contributed by atoms with E-state index in [1.165, 1.54) is 44.9 Å². The van der Waals surface area contributed by atoms with Gasteiger partial charge in [0.15, 0.2) is 0 Å². The number of rotatable bonds is 5. The van der Waals surface area contributed by atoms with Crippen molar-refractivity contribution < 1.29 is 4.74 Å². The van der Waals surface area contributed by atoms with Gasteiger partial charge in [0.2, 0.25) is 0 Å². The third-order valence-corrected chi connectivity index (χ3v) is 5.53. The summed E-state index contributed by atoms with van der Waals surface area (Å²) in [7, 11) is 0. The van der Waals surface area contributed by atoms with E-state index in [4.69, 9.17) is 16.3 Å². The molecule has 2 aliphatic rings. The Balaban J connectivity index is 1.79. The predicted octanol–water partition coefficient (Wildman–Crippen LogP) is 3.87. The molecule has 1 saturated heterocycles. The molecule has 18 heavy (non-hydrogen) atoms. The van der Waals surface area contributed by atoms with Gasteiger partial charge < -0.3 is 10.1 Å². The number of ether oxygens (including phenoxy) is 1. The van der Waals surface area contributed by atoms with Gasteiger partial charge >= 0.3 is 0 Å². The van der Waals surface area contributed by atoms with Gasteiger partial charge in [-0.15, -0.1) is 11.6 Å². The van der Waals surface area contributed by atoms with E-state index in [1.54, 1.807) is 0 Å². The zero-order chi connectivity index (χ0) is 13.1. The summed E-state index contributed by atoms with van der Waals surface area (Å²) in [5, 5.41) is 3.60. The highest BCUT2D eigenvalue weighted by atomic mass is 35.5. The van der Waals surface area contributed by atoms with E-state index in [9.17, 15) is 0 Å². The molecule has 2 rings (SSSR count). The molecule has 1 heterocycles. The van der Waals surface area contributed by atoms with E-state index in [1.807, 2.05) is 0 Å². The standard InChI is InChI=1S/C15H28ClNO/c1-3-14(2,12-16)17-11-13-7-10-15(18-13)8-5-4-6-9-15/h13,17H,3-12H2,1-2H3. The van der Waals surface area contributed by atoms with Gasteiger partial charge in [-0.05, 0) is 39.0 Å². The van der Waals surface area contributed by atoms with Crippen molar-refractivity contribution >= 4 is 11.6 Å². The minimum Gasteiger partial charge on any atom is -0.370 e. The third-order valence-electron chi connectivity index (χ3n) is 4.94. The lowest BCUT2D eigenvalue weighted by atomic mass is 9.83. The van der Waals surface area contributed by atoms with Gasteiger partial charge in [0.1, 0.15) is 0 Å². The Labute approximate surface area is 117 Å². The van der Waals surface area contributed by atoms with E-state index in [0.29, 0.717) is 12.0 Å². The Bertz CT molecular complexity index is 259. The van der Waals surface area contributed by atoms with E-state index >= 15 is 0 Å². The maximum absolute atomic E-state index is 6.37. The number of alkyl halides is 1. The van der Waals surface area contributed by atoms with Crippen LogP contribution in [0.15, 0.2) is 0 Å². The fourth-order valence-corrected chi connectivity index (χ4v) is 3.51. The zero-order valence-electron chi connectivity index (χ0n) is 11.9. The van der Waals surface area contributed by atoms with Crippen LogP contribution in [0.4, 0.5) is 0 Å². The molecule has 2 unspecified atom stereocenters. The van der Waals surface area contributed by atoms with Crippen molar-refractivity contribution in [1.82, 2.24) is 5.32 Å². The molecule has 1 aliphatic heterocycles. The molecular weight excluding hydrogens is 246 g/mol. The summed E-state index contributed by atoms with van der Waals surface area (Å²) in [5.41, 5.74) is 0.307. The Hall–Kier alpha value is 0.210. The van der Waals surface area contributed by atoms with Crippen LogP contribution in [0.25, 0.3) is 0 Å². The van der Waals surface area contributed by atoms with Crippen LogP contribution in [-0.2, 0) is 4.74 Å². The first-order chi connectivity index (χ1) is 8.61. The highest BCUT2D eigenvalue weighted by molar-refractivity contribution is 6.18. The second-order valence-electron chi connectivity index (χ2n) is 6.45. The molecule has 0 amide bonds. The zero-order valence-corrected chi connectivity index (χ0v) is 12.7. The van der Waals surface area contributed by atoms with Crippen molar-refractivity contribution in [2.75, 3.05) is 12.4 Å². The summed E-state index contributed by atoms with van der Waals surface area (Å²) in [6.07, 6.45) is 10.6. The van der Waals surface area contributed by atoms with Crippen LogP contribution in [0.1, 0.15) is 65.2 Å². The average Bonchev–Trinajstić information content (AvgIpc) is 2.80. The first kappa shape index (κ1) is 14.6. The quantitative estimate of drug-likeness (QED) is 0.768. The van der Waals surface area contributed by atoms with Crippen LogP contribution in [0, 0.1) is 0 Å². The van der Waals surface area contributed by atoms with Gasteiger partial charge in [-0.25, -0.2) is 0 Å². The molecule has 1 N–H and O–H groups in total. The van der Waals surface area contributed by atoms with Crippen molar-refractivity contribution in [1.29, 1.82) is 0 Å². The van der Waals surface area contributed by atoms with Crippen LogP contribution in [0.5, 0.6) is 0 Å². The molecule has 0 bridgehead atoms. The van der Waals surface area contributed by atoms with E-state index in [-0.39, 0.29) is 11.1 Å². The highest BCUT2D eigenvalue weighted by Gasteiger charge is 2.40. The first-order valence-corrected chi connectivity index (χ1v) is 8.14. The molecule has 2 nitrogen and oxygen atoms in total. The predicted molar refractivity (Wildman–Crippen MR) is 77.3 cm³/mol. The normalized spacial score (nSPS) is 30.5. The maximum Gasteiger partial charge on any atom is 0.0708 e. The van der Waals surface area contributed by atoms with Crippen molar-refractivity contribution in [3.63, 3.8) is 0 Å². The van der Waals surface area contributed by atoms with Gasteiger partial charge in [0, 0.05) is 18.0 Å². The summed E-state index contributed by atoms with van der Waals surface area (Å²) in [5.74, 6) is 0.668. The van der Waals surface area contributed by atoms with Crippen LogP contribution < -0.4 is 5.32 Å². The van der Waals surface area contributed by atoms with Crippen molar-refractivity contribution in [2.45, 2.75) is 82.5 Å². The Kier molecular flexibility index (Phi) is 4.96. The van der Waals surface area contributed by atoms with Gasteiger partial charge in [0.05, 0.1) is 11.7 Å². The van der Waals surface area contributed by atoms with E-state index in [2.05, 4.69) is 19.2 Å². The van der Waals surface area contributed by atoms with Gasteiger partial charge in [0.25, 0.3) is 0 Å². The summed E-state index contributed by atoms with van der Waals surface area (Å²) in [6, 6.07) is 0. The molecule has 3 heteroatoms. The fraction of sp³-hybridized carbons (Fsp3) is 1.00.